The molecule has 0 aliphatic rings. The molecule has 112 valence electrons. The number of nitrogens with zero attached hydrogens (tertiary/aromatic N) is 1. The van der Waals surface area contributed by atoms with Crippen LogP contribution in [0.15, 0.2) is 47.5 Å². The summed E-state index contributed by atoms with van der Waals surface area (Å²) in [6.07, 6.45) is 4.01. The molecule has 0 saturated carbocycles. The van der Waals surface area contributed by atoms with Crippen LogP contribution in [0.3, 0.4) is 0 Å². The van der Waals surface area contributed by atoms with Crippen LogP contribution in [0.4, 0.5) is 4.79 Å². The summed E-state index contributed by atoms with van der Waals surface area (Å²) in [6.45, 7) is 2.52. The largest absolute Gasteiger partial charge is 0.353 e. The van der Waals surface area contributed by atoms with Crippen LogP contribution in [-0.4, -0.2) is 16.9 Å². The molecule has 0 aliphatic carbocycles. The molecule has 0 bridgehead atoms. The van der Waals surface area contributed by atoms with E-state index in [0.717, 1.165) is 11.3 Å². The molecule has 5 heteroatoms. The van der Waals surface area contributed by atoms with Crippen LogP contribution in [0.1, 0.15) is 24.2 Å². The molecule has 0 radical (unpaired) electrons. The number of aryl methyl sites for hydroxylation is 1. The summed E-state index contributed by atoms with van der Waals surface area (Å²) in [4.78, 5) is 13.2. The lowest BCUT2D eigenvalue weighted by atomic mass is 10.1. The van der Waals surface area contributed by atoms with Gasteiger partial charge in [-0.15, -0.1) is 11.8 Å². The van der Waals surface area contributed by atoms with Gasteiger partial charge in [0.1, 0.15) is 0 Å². The molecular weight excluding hydrogens is 282 g/mol. The maximum Gasteiger partial charge on any atom is 0.315 e. The Labute approximate surface area is 129 Å². The zero-order valence-corrected chi connectivity index (χ0v) is 13.4. The summed E-state index contributed by atoms with van der Waals surface area (Å²) in [7, 11) is 1.96. The highest BCUT2D eigenvalue weighted by Gasteiger charge is 2.12. The first-order valence-corrected chi connectivity index (χ1v) is 8.11. The highest BCUT2D eigenvalue weighted by molar-refractivity contribution is 7.98. The molecule has 1 aromatic carbocycles. The number of benzene rings is 1. The Morgan fingerprint density at radius 1 is 1.29 bits per heavy atom. The number of rotatable bonds is 5. The van der Waals surface area contributed by atoms with Gasteiger partial charge in [0, 0.05) is 23.8 Å². The van der Waals surface area contributed by atoms with Gasteiger partial charge in [-0.05, 0) is 36.9 Å². The van der Waals surface area contributed by atoms with E-state index >= 15 is 0 Å². The first kappa shape index (κ1) is 15.5. The topological polar surface area (TPSA) is 46.1 Å². The van der Waals surface area contributed by atoms with Crippen molar-refractivity contribution in [3.05, 3.63) is 53.9 Å². The van der Waals surface area contributed by atoms with Gasteiger partial charge in [-0.2, -0.15) is 0 Å². The predicted octanol–water partition coefficient (Wildman–Crippen LogP) is 3.31. The van der Waals surface area contributed by atoms with Gasteiger partial charge < -0.3 is 15.2 Å². The normalized spacial score (nSPS) is 12.0. The Bertz CT molecular complexity index is 609. The van der Waals surface area contributed by atoms with Gasteiger partial charge in [-0.3, -0.25) is 0 Å². The second-order valence-electron chi connectivity index (χ2n) is 4.90. The molecule has 21 heavy (non-hydrogen) atoms. The molecular formula is C16H21N3OS. The molecule has 4 nitrogen and oxygen atoms in total. The van der Waals surface area contributed by atoms with Gasteiger partial charge in [0.15, 0.2) is 0 Å². The van der Waals surface area contributed by atoms with E-state index in [-0.39, 0.29) is 12.1 Å². The highest BCUT2D eigenvalue weighted by Crippen LogP contribution is 2.25. The minimum absolute atomic E-state index is 0.0259. The minimum Gasteiger partial charge on any atom is -0.353 e. The van der Waals surface area contributed by atoms with Crippen molar-refractivity contribution < 1.29 is 4.79 Å². The molecule has 0 saturated heterocycles. The number of urea groups is 1. The van der Waals surface area contributed by atoms with Crippen LogP contribution in [0, 0.1) is 0 Å². The van der Waals surface area contributed by atoms with Gasteiger partial charge >= 0.3 is 6.03 Å². The molecule has 0 unspecified atom stereocenters. The molecule has 1 heterocycles. The van der Waals surface area contributed by atoms with E-state index in [4.69, 9.17) is 0 Å². The Morgan fingerprint density at radius 3 is 2.71 bits per heavy atom. The fraction of sp³-hybridized carbons (Fsp3) is 0.312. The van der Waals surface area contributed by atoms with Gasteiger partial charge in [0.05, 0.1) is 12.6 Å². The van der Waals surface area contributed by atoms with E-state index in [1.54, 1.807) is 11.8 Å². The Kier molecular flexibility index (Phi) is 5.33. The predicted molar refractivity (Wildman–Crippen MR) is 87.4 cm³/mol. The van der Waals surface area contributed by atoms with E-state index in [1.807, 2.05) is 61.3 Å². The number of nitrogens with one attached hydrogen (secondary N) is 2. The lowest BCUT2D eigenvalue weighted by Crippen LogP contribution is -2.37. The molecule has 2 amide bonds. The monoisotopic (exact) mass is 303 g/mol. The minimum atomic E-state index is -0.153. The van der Waals surface area contributed by atoms with Crippen LogP contribution in [0.25, 0.3) is 0 Å². The van der Waals surface area contributed by atoms with E-state index < -0.39 is 0 Å². The highest BCUT2D eigenvalue weighted by atomic mass is 32.2. The zero-order valence-electron chi connectivity index (χ0n) is 12.6. The van der Waals surface area contributed by atoms with Crippen LogP contribution in [0.5, 0.6) is 0 Å². The molecule has 1 aromatic heterocycles. The standard InChI is InChI=1S/C16H21N3OS/c1-12(14-8-4-5-9-15(14)21-3)18-16(20)17-11-13-7-6-10-19(13)2/h4-10,12H,11H2,1-3H3,(H2,17,18,20)/t12-/m1/s1. The van der Waals surface area contributed by atoms with Gasteiger partial charge in [-0.25, -0.2) is 4.79 Å². The molecule has 0 spiro atoms. The molecule has 2 aromatic rings. The lowest BCUT2D eigenvalue weighted by Gasteiger charge is -2.17. The number of hydrogen-bond acceptors (Lipinski definition) is 2. The van der Waals surface area contributed by atoms with Gasteiger partial charge in [-0.1, -0.05) is 18.2 Å². The summed E-state index contributed by atoms with van der Waals surface area (Å²) in [5.41, 5.74) is 2.21. The number of amides is 2. The quantitative estimate of drug-likeness (QED) is 0.833. The van der Waals surface area contributed by atoms with E-state index in [9.17, 15) is 4.79 Å². The van der Waals surface area contributed by atoms with Crippen molar-refractivity contribution in [1.29, 1.82) is 0 Å². The van der Waals surface area contributed by atoms with Crippen molar-refractivity contribution in [2.24, 2.45) is 7.05 Å². The Morgan fingerprint density at radius 2 is 2.05 bits per heavy atom. The smallest absolute Gasteiger partial charge is 0.315 e. The average molecular weight is 303 g/mol. The third kappa shape index (κ3) is 4.04. The molecule has 2 rings (SSSR count). The van der Waals surface area contributed by atoms with Crippen LogP contribution < -0.4 is 10.6 Å². The van der Waals surface area contributed by atoms with E-state index in [0.29, 0.717) is 6.54 Å². The number of carbonyl (C=O) groups excluding carboxylic acids is 1. The molecule has 0 aliphatic heterocycles. The van der Waals surface area contributed by atoms with E-state index in [1.165, 1.54) is 4.90 Å². The van der Waals surface area contributed by atoms with Crippen molar-refractivity contribution >= 4 is 17.8 Å². The van der Waals surface area contributed by atoms with Gasteiger partial charge in [0.2, 0.25) is 0 Å². The van der Waals surface area contributed by atoms with Crippen molar-refractivity contribution in [3.8, 4) is 0 Å². The summed E-state index contributed by atoms with van der Waals surface area (Å²) in [6, 6.07) is 11.9. The first-order chi connectivity index (χ1) is 10.1. The SMILES string of the molecule is CSc1ccccc1[C@@H](C)NC(=O)NCc1cccn1C. The lowest BCUT2D eigenvalue weighted by molar-refractivity contribution is 0.237. The molecule has 2 N–H and O–H groups in total. The second-order valence-corrected chi connectivity index (χ2v) is 5.75. The van der Waals surface area contributed by atoms with Crippen LogP contribution in [0.2, 0.25) is 0 Å². The third-order valence-corrected chi connectivity index (χ3v) is 4.25. The number of carbonyl (C=O) groups is 1. The maximum absolute atomic E-state index is 12.0. The summed E-state index contributed by atoms with van der Waals surface area (Å²) in [5.74, 6) is 0. The second kappa shape index (κ2) is 7.22. The Hall–Kier alpha value is -1.88. The van der Waals surface area contributed by atoms with Crippen molar-refractivity contribution in [2.75, 3.05) is 6.26 Å². The molecule has 1 atom stereocenters. The molecule has 0 fully saturated rings. The zero-order chi connectivity index (χ0) is 15.2. The van der Waals surface area contributed by atoms with Crippen molar-refractivity contribution in [3.63, 3.8) is 0 Å². The summed E-state index contributed by atoms with van der Waals surface area (Å²) in [5, 5.41) is 5.87. The number of hydrogen-bond donors (Lipinski definition) is 2. The van der Waals surface area contributed by atoms with Crippen molar-refractivity contribution in [1.82, 2.24) is 15.2 Å². The Balaban J connectivity index is 1.91. The summed E-state index contributed by atoms with van der Waals surface area (Å²) < 4.78 is 1.99. The fourth-order valence-electron chi connectivity index (χ4n) is 2.20. The first-order valence-electron chi connectivity index (χ1n) is 6.89. The van der Waals surface area contributed by atoms with Gasteiger partial charge in [0.25, 0.3) is 0 Å². The average Bonchev–Trinajstić information content (AvgIpc) is 2.90. The van der Waals surface area contributed by atoms with Crippen LogP contribution in [-0.2, 0) is 13.6 Å². The summed E-state index contributed by atoms with van der Waals surface area (Å²) >= 11 is 1.69. The fourth-order valence-corrected chi connectivity index (χ4v) is 2.90. The maximum atomic E-state index is 12.0. The van der Waals surface area contributed by atoms with E-state index in [2.05, 4.69) is 16.7 Å². The van der Waals surface area contributed by atoms with Crippen LogP contribution >= 0.6 is 11.8 Å². The third-order valence-electron chi connectivity index (χ3n) is 3.43. The number of thioether (sulfide) groups is 1. The number of aromatic nitrogens is 1. The van der Waals surface area contributed by atoms with Crippen molar-refractivity contribution in [2.45, 2.75) is 24.4 Å².